The molecule has 1 aliphatic heterocycles. The number of rotatable bonds is 6. The first-order valence-electron chi connectivity index (χ1n) is 8.22. The van der Waals surface area contributed by atoms with Gasteiger partial charge in [-0.05, 0) is 43.5 Å². The van der Waals surface area contributed by atoms with Crippen molar-refractivity contribution in [1.82, 2.24) is 4.90 Å². The maximum Gasteiger partial charge on any atom is 0.246 e. The van der Waals surface area contributed by atoms with Gasteiger partial charge in [0, 0.05) is 25.1 Å². The normalized spacial score (nSPS) is 15.4. The van der Waals surface area contributed by atoms with Crippen LogP contribution in [0.3, 0.4) is 0 Å². The van der Waals surface area contributed by atoms with Crippen LogP contribution in [0.4, 0.5) is 0 Å². The highest BCUT2D eigenvalue weighted by molar-refractivity contribution is 6.32. The molecule has 1 aromatic carbocycles. The second kappa shape index (κ2) is 8.76. The van der Waals surface area contributed by atoms with Gasteiger partial charge < -0.3 is 20.1 Å². The van der Waals surface area contributed by atoms with Crippen molar-refractivity contribution in [2.45, 2.75) is 19.8 Å². The Balaban J connectivity index is 2.05. The molecule has 0 saturated carbocycles. The van der Waals surface area contributed by atoms with E-state index in [1.165, 1.54) is 13.2 Å². The minimum Gasteiger partial charge on any atom is -0.493 e. The van der Waals surface area contributed by atoms with Crippen molar-refractivity contribution in [2.24, 2.45) is 11.7 Å². The molecule has 1 aromatic rings. The molecule has 1 heterocycles. The number of likely N-dealkylation sites (tertiary alicyclic amines) is 1. The SMILES string of the molecule is CCOc1c(Cl)cc(/C=C/C(=O)N2CCC(C(N)=O)CC2)cc1OC. The van der Waals surface area contributed by atoms with Gasteiger partial charge in [-0.2, -0.15) is 0 Å². The summed E-state index contributed by atoms with van der Waals surface area (Å²) in [6.45, 7) is 3.41. The predicted octanol–water partition coefficient (Wildman–Crippen LogP) is 2.48. The van der Waals surface area contributed by atoms with E-state index in [9.17, 15) is 9.59 Å². The Morgan fingerprint density at radius 1 is 1.36 bits per heavy atom. The zero-order chi connectivity index (χ0) is 18.4. The van der Waals surface area contributed by atoms with Crippen LogP contribution in [0, 0.1) is 5.92 Å². The van der Waals surface area contributed by atoms with Gasteiger partial charge in [0.25, 0.3) is 0 Å². The highest BCUT2D eigenvalue weighted by Gasteiger charge is 2.24. The molecule has 0 spiro atoms. The molecule has 0 atom stereocenters. The van der Waals surface area contributed by atoms with Crippen LogP contribution < -0.4 is 15.2 Å². The van der Waals surface area contributed by atoms with Gasteiger partial charge in [0.2, 0.25) is 11.8 Å². The van der Waals surface area contributed by atoms with Crippen LogP contribution in [0.5, 0.6) is 11.5 Å². The molecule has 1 fully saturated rings. The summed E-state index contributed by atoms with van der Waals surface area (Å²) in [5.74, 6) is 0.472. The lowest BCUT2D eigenvalue weighted by Crippen LogP contribution is -2.41. The first kappa shape index (κ1) is 19.1. The summed E-state index contributed by atoms with van der Waals surface area (Å²) in [6, 6.07) is 3.48. The molecule has 2 amide bonds. The van der Waals surface area contributed by atoms with Gasteiger partial charge in [0.05, 0.1) is 18.7 Å². The minimum absolute atomic E-state index is 0.105. The molecule has 7 heteroatoms. The fourth-order valence-electron chi connectivity index (χ4n) is 2.78. The number of nitrogens with two attached hydrogens (primary N) is 1. The van der Waals surface area contributed by atoms with E-state index in [2.05, 4.69) is 0 Å². The Labute approximate surface area is 152 Å². The number of hydrogen-bond acceptors (Lipinski definition) is 4. The lowest BCUT2D eigenvalue weighted by atomic mass is 9.96. The number of carbonyl (C=O) groups is 2. The zero-order valence-corrected chi connectivity index (χ0v) is 15.2. The largest absolute Gasteiger partial charge is 0.493 e. The van der Waals surface area contributed by atoms with Crippen molar-refractivity contribution in [2.75, 3.05) is 26.8 Å². The molecule has 2 rings (SSSR count). The van der Waals surface area contributed by atoms with Crippen molar-refractivity contribution in [3.05, 3.63) is 28.8 Å². The van der Waals surface area contributed by atoms with E-state index in [4.69, 9.17) is 26.8 Å². The predicted molar refractivity (Wildman–Crippen MR) is 96.7 cm³/mol. The fourth-order valence-corrected chi connectivity index (χ4v) is 3.05. The summed E-state index contributed by atoms with van der Waals surface area (Å²) in [4.78, 5) is 25.2. The number of piperidine rings is 1. The molecule has 0 radical (unpaired) electrons. The highest BCUT2D eigenvalue weighted by atomic mass is 35.5. The van der Waals surface area contributed by atoms with Gasteiger partial charge in [-0.1, -0.05) is 11.6 Å². The molecule has 1 saturated heterocycles. The average molecular weight is 367 g/mol. The van der Waals surface area contributed by atoms with Crippen molar-refractivity contribution >= 4 is 29.5 Å². The Hall–Kier alpha value is -2.21. The van der Waals surface area contributed by atoms with E-state index in [0.29, 0.717) is 49.1 Å². The number of benzene rings is 1. The average Bonchev–Trinajstić information content (AvgIpc) is 2.61. The molecule has 25 heavy (non-hydrogen) atoms. The number of primary amides is 1. The third-order valence-corrected chi connectivity index (χ3v) is 4.45. The van der Waals surface area contributed by atoms with Crippen LogP contribution >= 0.6 is 11.6 Å². The van der Waals surface area contributed by atoms with Crippen LogP contribution in [0.2, 0.25) is 5.02 Å². The second-order valence-electron chi connectivity index (χ2n) is 5.80. The molecule has 0 bridgehead atoms. The van der Waals surface area contributed by atoms with Gasteiger partial charge in [0.1, 0.15) is 0 Å². The monoisotopic (exact) mass is 366 g/mol. The molecule has 1 aliphatic rings. The Morgan fingerprint density at radius 2 is 2.04 bits per heavy atom. The standard InChI is InChI=1S/C18H23ClN2O4/c1-3-25-17-14(19)10-12(11-15(17)24-2)4-5-16(22)21-8-6-13(7-9-21)18(20)23/h4-5,10-11,13H,3,6-9H2,1-2H3,(H2,20,23)/b5-4+. The Kier molecular flexibility index (Phi) is 6.70. The summed E-state index contributed by atoms with van der Waals surface area (Å²) >= 11 is 6.22. The second-order valence-corrected chi connectivity index (χ2v) is 6.21. The number of amides is 2. The van der Waals surface area contributed by atoms with Gasteiger partial charge >= 0.3 is 0 Å². The van der Waals surface area contributed by atoms with E-state index in [0.717, 1.165) is 5.56 Å². The summed E-state index contributed by atoms with van der Waals surface area (Å²) in [7, 11) is 1.54. The summed E-state index contributed by atoms with van der Waals surface area (Å²) in [5, 5.41) is 0.426. The van der Waals surface area contributed by atoms with Gasteiger partial charge in [-0.15, -0.1) is 0 Å². The van der Waals surface area contributed by atoms with E-state index < -0.39 is 0 Å². The van der Waals surface area contributed by atoms with Gasteiger partial charge in [0.15, 0.2) is 11.5 Å². The quantitative estimate of drug-likeness (QED) is 0.784. The van der Waals surface area contributed by atoms with Crippen molar-refractivity contribution < 1.29 is 19.1 Å². The lowest BCUT2D eigenvalue weighted by molar-refractivity contribution is -0.130. The molecule has 0 aliphatic carbocycles. The van der Waals surface area contributed by atoms with Crippen molar-refractivity contribution in [1.29, 1.82) is 0 Å². The lowest BCUT2D eigenvalue weighted by Gasteiger charge is -2.29. The summed E-state index contributed by atoms with van der Waals surface area (Å²) in [5.41, 5.74) is 6.05. The molecule has 2 N–H and O–H groups in total. The molecule has 136 valence electrons. The smallest absolute Gasteiger partial charge is 0.246 e. The maximum absolute atomic E-state index is 12.3. The van der Waals surface area contributed by atoms with Crippen molar-refractivity contribution in [3.8, 4) is 11.5 Å². The van der Waals surface area contributed by atoms with Gasteiger partial charge in [-0.25, -0.2) is 0 Å². The summed E-state index contributed by atoms with van der Waals surface area (Å²) < 4.78 is 10.8. The number of ether oxygens (including phenoxy) is 2. The molecular weight excluding hydrogens is 344 g/mol. The number of methoxy groups -OCH3 is 1. The third-order valence-electron chi connectivity index (χ3n) is 4.17. The van der Waals surface area contributed by atoms with E-state index in [1.54, 1.807) is 23.1 Å². The van der Waals surface area contributed by atoms with E-state index in [1.807, 2.05) is 6.92 Å². The maximum atomic E-state index is 12.3. The zero-order valence-electron chi connectivity index (χ0n) is 14.5. The van der Waals surface area contributed by atoms with E-state index in [-0.39, 0.29) is 17.7 Å². The number of carbonyl (C=O) groups excluding carboxylic acids is 2. The number of hydrogen-bond donors (Lipinski definition) is 1. The summed E-state index contributed by atoms with van der Waals surface area (Å²) in [6.07, 6.45) is 4.40. The number of nitrogens with zero attached hydrogens (tertiary/aromatic N) is 1. The molecular formula is C18H23ClN2O4. The third kappa shape index (κ3) is 4.89. The van der Waals surface area contributed by atoms with Gasteiger partial charge in [-0.3, -0.25) is 9.59 Å². The van der Waals surface area contributed by atoms with Crippen LogP contribution in [0.15, 0.2) is 18.2 Å². The van der Waals surface area contributed by atoms with E-state index >= 15 is 0 Å². The Morgan fingerprint density at radius 3 is 2.60 bits per heavy atom. The minimum atomic E-state index is -0.293. The molecule has 6 nitrogen and oxygen atoms in total. The first-order chi connectivity index (χ1) is 12.0. The van der Waals surface area contributed by atoms with Crippen LogP contribution in [-0.4, -0.2) is 43.5 Å². The van der Waals surface area contributed by atoms with Crippen LogP contribution in [0.25, 0.3) is 6.08 Å². The molecule has 0 aromatic heterocycles. The number of halogens is 1. The topological polar surface area (TPSA) is 81.9 Å². The fraction of sp³-hybridized carbons (Fsp3) is 0.444. The molecule has 0 unspecified atom stereocenters. The first-order valence-corrected chi connectivity index (χ1v) is 8.60. The van der Waals surface area contributed by atoms with Crippen LogP contribution in [-0.2, 0) is 9.59 Å². The highest BCUT2D eigenvalue weighted by Crippen LogP contribution is 2.36. The van der Waals surface area contributed by atoms with Crippen molar-refractivity contribution in [3.63, 3.8) is 0 Å². The Bertz CT molecular complexity index is 667. The van der Waals surface area contributed by atoms with Crippen LogP contribution in [0.1, 0.15) is 25.3 Å².